The van der Waals surface area contributed by atoms with Gasteiger partial charge >= 0.3 is 0 Å². The monoisotopic (exact) mass is 262 g/mol. The topological polar surface area (TPSA) is 41.6 Å². The van der Waals surface area contributed by atoms with Gasteiger partial charge in [-0.3, -0.25) is 4.79 Å². The summed E-state index contributed by atoms with van der Waals surface area (Å²) < 4.78 is 5.73. The van der Waals surface area contributed by atoms with Gasteiger partial charge in [-0.1, -0.05) is 17.7 Å². The number of nitrogens with zero attached hydrogens (tertiary/aromatic N) is 1. The Kier molecular flexibility index (Phi) is 4.43. The number of amides is 1. The maximum absolute atomic E-state index is 11.9. The molecule has 4 nitrogen and oxygen atoms in total. The van der Waals surface area contributed by atoms with Crippen molar-refractivity contribution in [2.75, 3.05) is 27.2 Å². The molecule has 1 amide bonds. The molecule has 1 aliphatic rings. The van der Waals surface area contributed by atoms with Crippen molar-refractivity contribution in [3.8, 4) is 5.75 Å². The van der Waals surface area contributed by atoms with Crippen molar-refractivity contribution in [3.63, 3.8) is 0 Å². The van der Waals surface area contributed by atoms with Gasteiger partial charge in [0.05, 0.1) is 19.2 Å². The number of nitrogens with one attached hydrogen (secondary N) is 1. The Labute approximate surface area is 114 Å². The van der Waals surface area contributed by atoms with Crippen molar-refractivity contribution in [3.05, 3.63) is 29.3 Å². The van der Waals surface area contributed by atoms with Gasteiger partial charge in [0.15, 0.2) is 0 Å². The highest BCUT2D eigenvalue weighted by Crippen LogP contribution is 2.32. The summed E-state index contributed by atoms with van der Waals surface area (Å²) in [5.74, 6) is 0.961. The summed E-state index contributed by atoms with van der Waals surface area (Å²) in [6, 6.07) is 6.22. The minimum atomic E-state index is 0.0596. The average Bonchev–Trinajstić information content (AvgIpc) is 2.51. The van der Waals surface area contributed by atoms with Crippen LogP contribution < -0.4 is 10.1 Å². The van der Waals surface area contributed by atoms with Crippen LogP contribution in [0.5, 0.6) is 5.75 Å². The van der Waals surface area contributed by atoms with E-state index < -0.39 is 0 Å². The molecule has 1 aromatic rings. The standard InChI is InChI=1S/C15H22N2O2/c1-11-6-7-14-12(9-11)13(5-4-8-19-14)16-15(18)10-17(2)3/h6-7,9,13H,4-5,8,10H2,1-3H3,(H,16,18). The minimum absolute atomic E-state index is 0.0596. The molecule has 0 aliphatic carbocycles. The van der Waals surface area contributed by atoms with Crippen LogP contribution >= 0.6 is 0 Å². The van der Waals surface area contributed by atoms with Crippen molar-refractivity contribution in [1.29, 1.82) is 0 Å². The third-order valence-corrected chi connectivity index (χ3v) is 3.23. The van der Waals surface area contributed by atoms with Crippen LogP contribution in [0.25, 0.3) is 0 Å². The number of hydrogen-bond acceptors (Lipinski definition) is 3. The van der Waals surface area contributed by atoms with Crippen LogP contribution in [-0.2, 0) is 4.79 Å². The lowest BCUT2D eigenvalue weighted by atomic mass is 10.00. The maximum atomic E-state index is 11.9. The van der Waals surface area contributed by atoms with Crippen LogP contribution in [0.1, 0.15) is 30.0 Å². The molecule has 1 N–H and O–H groups in total. The van der Waals surface area contributed by atoms with Crippen molar-refractivity contribution in [1.82, 2.24) is 10.2 Å². The van der Waals surface area contributed by atoms with Crippen molar-refractivity contribution >= 4 is 5.91 Å². The lowest BCUT2D eigenvalue weighted by molar-refractivity contribution is -0.122. The van der Waals surface area contributed by atoms with Gasteiger partial charge in [-0.15, -0.1) is 0 Å². The molecule has 4 heteroatoms. The number of likely N-dealkylation sites (N-methyl/N-ethyl adjacent to an activating group) is 1. The van der Waals surface area contributed by atoms with Crippen molar-refractivity contribution in [2.45, 2.75) is 25.8 Å². The molecule has 0 aromatic heterocycles. The number of carbonyl (C=O) groups is 1. The van der Waals surface area contributed by atoms with Crippen LogP contribution in [0, 0.1) is 6.92 Å². The number of carbonyl (C=O) groups excluding carboxylic acids is 1. The predicted molar refractivity (Wildman–Crippen MR) is 75.3 cm³/mol. The molecule has 2 rings (SSSR count). The molecule has 1 atom stereocenters. The predicted octanol–water partition coefficient (Wildman–Crippen LogP) is 1.89. The fourth-order valence-electron chi connectivity index (χ4n) is 2.37. The first-order valence-electron chi connectivity index (χ1n) is 6.73. The Balaban J connectivity index is 2.17. The fraction of sp³-hybridized carbons (Fsp3) is 0.533. The van der Waals surface area contributed by atoms with E-state index in [1.165, 1.54) is 5.56 Å². The lowest BCUT2D eigenvalue weighted by Crippen LogP contribution is -2.35. The first-order valence-corrected chi connectivity index (χ1v) is 6.73. The molecule has 0 radical (unpaired) electrons. The van der Waals surface area contributed by atoms with E-state index >= 15 is 0 Å². The van der Waals surface area contributed by atoms with E-state index in [1.54, 1.807) is 0 Å². The molecule has 1 aromatic carbocycles. The van der Waals surface area contributed by atoms with E-state index in [9.17, 15) is 4.79 Å². The molecular formula is C15H22N2O2. The summed E-state index contributed by atoms with van der Waals surface area (Å²) in [7, 11) is 3.79. The number of hydrogen-bond donors (Lipinski definition) is 1. The summed E-state index contributed by atoms with van der Waals surface area (Å²) in [6.45, 7) is 3.19. The van der Waals surface area contributed by atoms with Gasteiger partial charge in [-0.25, -0.2) is 0 Å². The Morgan fingerprint density at radius 1 is 1.47 bits per heavy atom. The molecule has 104 valence electrons. The van der Waals surface area contributed by atoms with E-state index in [0.717, 1.165) is 30.8 Å². The molecule has 0 bridgehead atoms. The maximum Gasteiger partial charge on any atom is 0.234 e. The number of aryl methyl sites for hydroxylation is 1. The average molecular weight is 262 g/mol. The zero-order chi connectivity index (χ0) is 13.8. The Morgan fingerprint density at radius 3 is 3.00 bits per heavy atom. The van der Waals surface area contributed by atoms with Gasteiger partial charge in [0, 0.05) is 5.56 Å². The molecular weight excluding hydrogens is 240 g/mol. The number of fused-ring (bicyclic) bond motifs is 1. The highest BCUT2D eigenvalue weighted by molar-refractivity contribution is 5.78. The molecule has 0 saturated carbocycles. The van der Waals surface area contributed by atoms with E-state index in [4.69, 9.17) is 4.74 Å². The normalized spacial score (nSPS) is 18.4. The number of rotatable bonds is 3. The highest BCUT2D eigenvalue weighted by Gasteiger charge is 2.21. The fourth-order valence-corrected chi connectivity index (χ4v) is 2.37. The SMILES string of the molecule is Cc1ccc2c(c1)C(NC(=O)CN(C)C)CCCO2. The Morgan fingerprint density at radius 2 is 2.26 bits per heavy atom. The van der Waals surface area contributed by atoms with Crippen LogP contribution in [0.2, 0.25) is 0 Å². The molecule has 0 spiro atoms. The lowest BCUT2D eigenvalue weighted by Gasteiger charge is -2.20. The number of benzene rings is 1. The second kappa shape index (κ2) is 6.06. The van der Waals surface area contributed by atoms with Crippen LogP contribution in [0.4, 0.5) is 0 Å². The smallest absolute Gasteiger partial charge is 0.234 e. The van der Waals surface area contributed by atoms with E-state index in [0.29, 0.717) is 6.54 Å². The molecule has 1 heterocycles. The van der Waals surface area contributed by atoms with Crippen molar-refractivity contribution in [2.24, 2.45) is 0 Å². The zero-order valence-electron chi connectivity index (χ0n) is 11.9. The summed E-state index contributed by atoms with van der Waals surface area (Å²) in [6.07, 6.45) is 1.89. The third-order valence-electron chi connectivity index (χ3n) is 3.23. The largest absolute Gasteiger partial charge is 0.493 e. The second-order valence-corrected chi connectivity index (χ2v) is 5.39. The Hall–Kier alpha value is -1.55. The first kappa shape index (κ1) is 13.9. The molecule has 1 aliphatic heterocycles. The van der Waals surface area contributed by atoms with E-state index in [2.05, 4.69) is 18.3 Å². The quantitative estimate of drug-likeness (QED) is 0.904. The van der Waals surface area contributed by atoms with Gasteiger partial charge in [0.25, 0.3) is 0 Å². The zero-order valence-corrected chi connectivity index (χ0v) is 11.9. The van der Waals surface area contributed by atoms with E-state index in [-0.39, 0.29) is 11.9 Å². The molecule has 0 fully saturated rings. The van der Waals surface area contributed by atoms with Crippen LogP contribution in [-0.4, -0.2) is 38.1 Å². The summed E-state index contributed by atoms with van der Waals surface area (Å²) >= 11 is 0. The van der Waals surface area contributed by atoms with Gasteiger partial charge < -0.3 is 15.0 Å². The highest BCUT2D eigenvalue weighted by atomic mass is 16.5. The molecule has 19 heavy (non-hydrogen) atoms. The number of ether oxygens (including phenoxy) is 1. The van der Waals surface area contributed by atoms with Gasteiger partial charge in [0.1, 0.15) is 5.75 Å². The van der Waals surface area contributed by atoms with E-state index in [1.807, 2.05) is 31.1 Å². The summed E-state index contributed by atoms with van der Waals surface area (Å²) in [5, 5.41) is 3.11. The van der Waals surface area contributed by atoms with Crippen LogP contribution in [0.15, 0.2) is 18.2 Å². The second-order valence-electron chi connectivity index (χ2n) is 5.39. The Bertz CT molecular complexity index is 457. The van der Waals surface area contributed by atoms with Crippen molar-refractivity contribution < 1.29 is 9.53 Å². The van der Waals surface area contributed by atoms with Crippen LogP contribution in [0.3, 0.4) is 0 Å². The third kappa shape index (κ3) is 3.70. The first-order chi connectivity index (χ1) is 9.06. The minimum Gasteiger partial charge on any atom is -0.493 e. The van der Waals surface area contributed by atoms with Gasteiger partial charge in [-0.2, -0.15) is 0 Å². The summed E-state index contributed by atoms with van der Waals surface area (Å²) in [4.78, 5) is 13.8. The summed E-state index contributed by atoms with van der Waals surface area (Å²) in [5.41, 5.74) is 2.29. The molecule has 1 unspecified atom stereocenters. The molecule has 0 saturated heterocycles. The van der Waals surface area contributed by atoms with Gasteiger partial charge in [0.2, 0.25) is 5.91 Å². The van der Waals surface area contributed by atoms with Gasteiger partial charge in [-0.05, 0) is 39.9 Å².